The maximum absolute atomic E-state index is 12.7. The number of piperidine rings is 1. The highest BCUT2D eigenvalue weighted by atomic mass is 16.5. The number of rotatable bonds is 5. The number of fused-ring (bicyclic) bond motifs is 1. The average molecular weight is 492 g/mol. The van der Waals surface area contributed by atoms with Crippen molar-refractivity contribution in [2.45, 2.75) is 25.9 Å². The van der Waals surface area contributed by atoms with Crippen molar-refractivity contribution in [3.05, 3.63) is 42.4 Å². The molecule has 2 aromatic heterocycles. The molecule has 190 valence electrons. The van der Waals surface area contributed by atoms with E-state index in [9.17, 15) is 4.79 Å². The number of urea groups is 1. The van der Waals surface area contributed by atoms with Gasteiger partial charge in [-0.05, 0) is 36.8 Å². The van der Waals surface area contributed by atoms with Crippen LogP contribution in [-0.2, 0) is 4.74 Å². The number of pyridine rings is 1. The van der Waals surface area contributed by atoms with Crippen molar-refractivity contribution >= 4 is 34.3 Å². The number of carbonyl (C=O) groups excluding carboxylic acids is 1. The van der Waals surface area contributed by atoms with E-state index in [1.54, 1.807) is 12.5 Å². The van der Waals surface area contributed by atoms with Crippen LogP contribution in [0.2, 0.25) is 0 Å². The molecule has 5 rings (SSSR count). The van der Waals surface area contributed by atoms with Crippen molar-refractivity contribution in [2.24, 2.45) is 0 Å². The Hall–Kier alpha value is -3.66. The van der Waals surface area contributed by atoms with Gasteiger partial charge < -0.3 is 29.5 Å². The Morgan fingerprint density at radius 1 is 1.06 bits per heavy atom. The molecular formula is C26H33N7O3. The van der Waals surface area contributed by atoms with Gasteiger partial charge in [-0.25, -0.2) is 19.7 Å². The number of benzene rings is 1. The number of ether oxygens (including phenoxy) is 2. The van der Waals surface area contributed by atoms with Gasteiger partial charge in [-0.1, -0.05) is 0 Å². The lowest BCUT2D eigenvalue weighted by atomic mass is 10.1. The molecule has 0 unspecified atom stereocenters. The number of likely N-dealkylation sites (tertiary alicyclic amines) is 1. The highest BCUT2D eigenvalue weighted by Gasteiger charge is 2.28. The molecule has 10 heteroatoms. The summed E-state index contributed by atoms with van der Waals surface area (Å²) < 4.78 is 11.7. The Morgan fingerprint density at radius 3 is 2.53 bits per heavy atom. The molecule has 0 saturated carbocycles. The van der Waals surface area contributed by atoms with Crippen LogP contribution in [0.4, 0.5) is 22.1 Å². The lowest BCUT2D eigenvalue weighted by Gasteiger charge is -2.37. The number of carbonyl (C=O) groups is 1. The monoisotopic (exact) mass is 491 g/mol. The Bertz CT molecular complexity index is 1220. The number of anilines is 3. The van der Waals surface area contributed by atoms with E-state index in [1.165, 1.54) is 0 Å². The Kier molecular flexibility index (Phi) is 7.04. The molecule has 1 aromatic carbocycles. The molecule has 0 aliphatic carbocycles. The van der Waals surface area contributed by atoms with E-state index < -0.39 is 0 Å². The van der Waals surface area contributed by atoms with Gasteiger partial charge in [0.25, 0.3) is 0 Å². The maximum Gasteiger partial charge on any atom is 0.320 e. The third-order valence-electron chi connectivity index (χ3n) is 6.69. The van der Waals surface area contributed by atoms with Crippen LogP contribution in [0.1, 0.15) is 18.4 Å². The first kappa shape index (κ1) is 24.1. The van der Waals surface area contributed by atoms with Gasteiger partial charge in [0.05, 0.1) is 24.9 Å². The summed E-state index contributed by atoms with van der Waals surface area (Å²) in [6, 6.07) is 8.17. The summed E-state index contributed by atoms with van der Waals surface area (Å²) in [7, 11) is 3.91. The normalized spacial score (nSPS) is 16.8. The molecule has 4 heterocycles. The minimum atomic E-state index is 0.0963. The first-order valence-electron chi connectivity index (χ1n) is 12.4. The standard InChI is InChI=1S/C26H33N7O3/c1-18-14-19(30-25-21-15-24(31(2)3)27-16-22(21)28-17-29-25)4-5-23(18)36-20-6-8-32(9-7-20)26(34)33-10-12-35-13-11-33/h4-5,14-17,20H,6-13H2,1-3H3,(H,28,29,30). The van der Waals surface area contributed by atoms with Crippen LogP contribution in [0.3, 0.4) is 0 Å². The zero-order chi connectivity index (χ0) is 25.1. The molecule has 0 atom stereocenters. The number of nitrogens with zero attached hydrogens (tertiary/aromatic N) is 6. The molecular weight excluding hydrogens is 458 g/mol. The fourth-order valence-corrected chi connectivity index (χ4v) is 4.59. The molecule has 2 amide bonds. The first-order chi connectivity index (χ1) is 17.5. The molecule has 2 aliphatic rings. The van der Waals surface area contributed by atoms with Crippen molar-refractivity contribution in [1.29, 1.82) is 0 Å². The molecule has 0 bridgehead atoms. The lowest BCUT2D eigenvalue weighted by Crippen LogP contribution is -2.51. The fourth-order valence-electron chi connectivity index (χ4n) is 4.59. The van der Waals surface area contributed by atoms with Crippen molar-refractivity contribution < 1.29 is 14.3 Å². The third-order valence-corrected chi connectivity index (χ3v) is 6.69. The summed E-state index contributed by atoms with van der Waals surface area (Å²) in [6.07, 6.45) is 5.05. The largest absolute Gasteiger partial charge is 0.490 e. The van der Waals surface area contributed by atoms with E-state index in [1.807, 2.05) is 53.9 Å². The van der Waals surface area contributed by atoms with Crippen molar-refractivity contribution in [3.8, 4) is 5.75 Å². The number of hydrogen-bond donors (Lipinski definition) is 1. The topological polar surface area (TPSA) is 95.9 Å². The number of morpholine rings is 1. The zero-order valence-electron chi connectivity index (χ0n) is 21.1. The Balaban J connectivity index is 1.21. The highest BCUT2D eigenvalue weighted by Crippen LogP contribution is 2.29. The van der Waals surface area contributed by atoms with Crippen molar-refractivity contribution in [3.63, 3.8) is 0 Å². The number of amides is 2. The summed E-state index contributed by atoms with van der Waals surface area (Å²) in [5.41, 5.74) is 2.75. The van der Waals surface area contributed by atoms with Gasteiger partial charge in [0.1, 0.15) is 29.8 Å². The molecule has 0 spiro atoms. The second kappa shape index (κ2) is 10.5. The van der Waals surface area contributed by atoms with Gasteiger partial charge in [-0.15, -0.1) is 0 Å². The predicted molar refractivity (Wildman–Crippen MR) is 139 cm³/mol. The van der Waals surface area contributed by atoms with Crippen LogP contribution in [0, 0.1) is 6.92 Å². The lowest BCUT2D eigenvalue weighted by molar-refractivity contribution is 0.0360. The van der Waals surface area contributed by atoms with Crippen LogP contribution in [0.5, 0.6) is 5.75 Å². The Morgan fingerprint density at radius 2 is 1.81 bits per heavy atom. The minimum Gasteiger partial charge on any atom is -0.490 e. The summed E-state index contributed by atoms with van der Waals surface area (Å²) in [6.45, 7) is 6.06. The Labute approximate surface area is 211 Å². The molecule has 1 N–H and O–H groups in total. The van der Waals surface area contributed by atoms with E-state index in [0.717, 1.165) is 52.4 Å². The van der Waals surface area contributed by atoms with E-state index in [2.05, 4.69) is 26.3 Å². The second-order valence-corrected chi connectivity index (χ2v) is 9.47. The summed E-state index contributed by atoms with van der Waals surface area (Å²) in [5, 5.41) is 4.33. The second-order valence-electron chi connectivity index (χ2n) is 9.47. The zero-order valence-corrected chi connectivity index (χ0v) is 21.1. The number of hydrogen-bond acceptors (Lipinski definition) is 8. The van der Waals surface area contributed by atoms with Crippen LogP contribution in [0.15, 0.2) is 36.8 Å². The van der Waals surface area contributed by atoms with Gasteiger partial charge >= 0.3 is 6.03 Å². The molecule has 2 aliphatic heterocycles. The van der Waals surface area contributed by atoms with Gasteiger partial charge in [0.2, 0.25) is 0 Å². The first-order valence-corrected chi connectivity index (χ1v) is 12.4. The highest BCUT2D eigenvalue weighted by molar-refractivity contribution is 5.91. The molecule has 2 fully saturated rings. The number of aryl methyl sites for hydroxylation is 1. The molecule has 10 nitrogen and oxygen atoms in total. The summed E-state index contributed by atoms with van der Waals surface area (Å²) in [5.74, 6) is 2.44. The third kappa shape index (κ3) is 5.28. The predicted octanol–water partition coefficient (Wildman–Crippen LogP) is 3.44. The SMILES string of the molecule is Cc1cc(Nc2ncnc3cnc(N(C)C)cc23)ccc1OC1CCN(C(=O)N2CCOCC2)CC1. The molecule has 2 saturated heterocycles. The molecule has 0 radical (unpaired) electrons. The fraction of sp³-hybridized carbons (Fsp3) is 0.462. The number of nitrogens with one attached hydrogen (secondary N) is 1. The average Bonchev–Trinajstić information content (AvgIpc) is 2.90. The van der Waals surface area contributed by atoms with Crippen LogP contribution in [-0.4, -0.2) is 90.4 Å². The van der Waals surface area contributed by atoms with Crippen LogP contribution in [0.25, 0.3) is 10.9 Å². The molecule has 3 aromatic rings. The number of aromatic nitrogens is 3. The summed E-state index contributed by atoms with van der Waals surface area (Å²) >= 11 is 0. The maximum atomic E-state index is 12.7. The quantitative estimate of drug-likeness (QED) is 0.580. The van der Waals surface area contributed by atoms with E-state index in [-0.39, 0.29) is 12.1 Å². The van der Waals surface area contributed by atoms with E-state index >= 15 is 0 Å². The summed E-state index contributed by atoms with van der Waals surface area (Å²) in [4.78, 5) is 31.7. The van der Waals surface area contributed by atoms with Gasteiger partial charge in [0.15, 0.2) is 0 Å². The van der Waals surface area contributed by atoms with Gasteiger partial charge in [-0.2, -0.15) is 0 Å². The minimum absolute atomic E-state index is 0.0963. The van der Waals surface area contributed by atoms with E-state index in [4.69, 9.17) is 9.47 Å². The van der Waals surface area contributed by atoms with Crippen molar-refractivity contribution in [1.82, 2.24) is 24.8 Å². The smallest absolute Gasteiger partial charge is 0.320 e. The molecule has 36 heavy (non-hydrogen) atoms. The van der Waals surface area contributed by atoms with Crippen LogP contribution < -0.4 is 15.0 Å². The van der Waals surface area contributed by atoms with Crippen molar-refractivity contribution in [2.75, 3.05) is 63.7 Å². The van der Waals surface area contributed by atoms with Gasteiger partial charge in [-0.3, -0.25) is 0 Å². The van der Waals surface area contributed by atoms with Crippen LogP contribution >= 0.6 is 0 Å². The van der Waals surface area contributed by atoms with E-state index in [0.29, 0.717) is 39.4 Å². The van der Waals surface area contributed by atoms with Gasteiger partial charge in [0, 0.05) is 64.2 Å².